The van der Waals surface area contributed by atoms with Gasteiger partial charge in [-0.15, -0.1) is 0 Å². The molecule has 16 heavy (non-hydrogen) atoms. The predicted octanol–water partition coefficient (Wildman–Crippen LogP) is 2.68. The molecule has 2 heterocycles. The van der Waals surface area contributed by atoms with Crippen LogP contribution < -0.4 is 4.90 Å². The highest BCUT2D eigenvalue weighted by Gasteiger charge is 2.32. The van der Waals surface area contributed by atoms with Gasteiger partial charge in [0.15, 0.2) is 0 Å². The molecule has 84 valence electrons. The van der Waals surface area contributed by atoms with Crippen LogP contribution in [0.1, 0.15) is 0 Å². The van der Waals surface area contributed by atoms with Crippen LogP contribution >= 0.6 is 15.9 Å². The molecule has 0 N–H and O–H groups in total. The van der Waals surface area contributed by atoms with Gasteiger partial charge in [-0.1, -0.05) is 11.2 Å². The zero-order valence-electron chi connectivity index (χ0n) is 8.29. The maximum absolute atomic E-state index is 13.5. The molecule has 0 saturated carbocycles. The van der Waals surface area contributed by atoms with E-state index in [1.165, 1.54) is 0 Å². The Morgan fingerprint density at radius 2 is 2.38 bits per heavy atom. The van der Waals surface area contributed by atoms with Crippen molar-refractivity contribution in [1.82, 2.24) is 4.98 Å². The number of anilines is 1. The molecule has 0 bridgehead atoms. The number of azide groups is 1. The molecule has 0 amide bonds. The Morgan fingerprint density at radius 3 is 3.06 bits per heavy atom. The smallest absolute Gasteiger partial charge is 0.129 e. The summed E-state index contributed by atoms with van der Waals surface area (Å²) < 4.78 is 14.2. The Labute approximate surface area is 100 Å². The largest absolute Gasteiger partial charge is 0.353 e. The number of nitrogens with zero attached hydrogens (tertiary/aromatic N) is 5. The van der Waals surface area contributed by atoms with E-state index in [9.17, 15) is 4.39 Å². The highest BCUT2D eigenvalue weighted by atomic mass is 79.9. The van der Waals surface area contributed by atoms with Crippen LogP contribution in [0.4, 0.5) is 10.2 Å². The predicted molar refractivity (Wildman–Crippen MR) is 62.0 cm³/mol. The first-order valence-corrected chi connectivity index (χ1v) is 5.56. The molecule has 0 aliphatic carbocycles. The van der Waals surface area contributed by atoms with Crippen LogP contribution in [0.2, 0.25) is 0 Å². The normalized spacial score (nSPS) is 24.2. The number of pyridine rings is 1. The molecule has 0 aromatic carbocycles. The third-order valence-corrected chi connectivity index (χ3v) is 2.89. The first kappa shape index (κ1) is 11.2. The van der Waals surface area contributed by atoms with E-state index in [2.05, 4.69) is 30.9 Å². The lowest BCUT2D eigenvalue weighted by atomic mass is 10.2. The molecule has 2 atom stereocenters. The van der Waals surface area contributed by atoms with Crippen molar-refractivity contribution in [3.05, 3.63) is 33.2 Å². The summed E-state index contributed by atoms with van der Waals surface area (Å²) in [6.45, 7) is 0.585. The fraction of sp³-hybridized carbons (Fsp3) is 0.444. The number of hydrogen-bond acceptors (Lipinski definition) is 3. The molecular formula is C9H9BrFN5. The van der Waals surface area contributed by atoms with Gasteiger partial charge in [0.1, 0.15) is 16.6 Å². The second-order valence-corrected chi connectivity index (χ2v) is 4.32. The minimum atomic E-state index is -1.13. The van der Waals surface area contributed by atoms with Crippen molar-refractivity contribution in [2.75, 3.05) is 18.0 Å². The van der Waals surface area contributed by atoms with Gasteiger partial charge in [0.25, 0.3) is 0 Å². The molecule has 2 rings (SSSR count). The highest BCUT2D eigenvalue weighted by Crippen LogP contribution is 2.23. The van der Waals surface area contributed by atoms with Crippen molar-refractivity contribution in [2.24, 2.45) is 5.11 Å². The number of rotatable bonds is 2. The first-order chi connectivity index (χ1) is 7.70. The van der Waals surface area contributed by atoms with E-state index in [-0.39, 0.29) is 6.54 Å². The Kier molecular flexibility index (Phi) is 3.26. The van der Waals surface area contributed by atoms with E-state index in [0.717, 1.165) is 0 Å². The second-order valence-electron chi connectivity index (χ2n) is 3.51. The molecule has 1 aliphatic rings. The fourth-order valence-electron chi connectivity index (χ4n) is 1.68. The topological polar surface area (TPSA) is 64.9 Å². The first-order valence-electron chi connectivity index (χ1n) is 4.76. The van der Waals surface area contributed by atoms with Gasteiger partial charge in [-0.25, -0.2) is 9.37 Å². The van der Waals surface area contributed by atoms with Gasteiger partial charge < -0.3 is 4.90 Å². The van der Waals surface area contributed by atoms with Crippen LogP contribution in [-0.2, 0) is 0 Å². The van der Waals surface area contributed by atoms with Crippen LogP contribution in [0.15, 0.2) is 27.9 Å². The van der Waals surface area contributed by atoms with Crippen molar-refractivity contribution in [2.45, 2.75) is 12.2 Å². The van der Waals surface area contributed by atoms with Crippen LogP contribution in [0, 0.1) is 0 Å². The van der Waals surface area contributed by atoms with Gasteiger partial charge in [-0.05, 0) is 33.6 Å². The monoisotopic (exact) mass is 285 g/mol. The number of aromatic nitrogens is 1. The SMILES string of the molecule is [N-]=[N+]=N[C@@H]1CN(c2cccc(Br)n2)C[C@H]1F. The minimum absolute atomic E-state index is 0.215. The lowest BCUT2D eigenvalue weighted by Crippen LogP contribution is -2.21. The second kappa shape index (κ2) is 4.67. The van der Waals surface area contributed by atoms with Gasteiger partial charge in [0, 0.05) is 11.5 Å². The van der Waals surface area contributed by atoms with Crippen LogP contribution in [0.3, 0.4) is 0 Å². The quantitative estimate of drug-likeness (QED) is 0.363. The molecule has 1 aromatic heterocycles. The van der Waals surface area contributed by atoms with Gasteiger partial charge in [-0.3, -0.25) is 0 Å². The Hall–Kier alpha value is -1.33. The molecule has 1 aliphatic heterocycles. The third kappa shape index (κ3) is 2.25. The lowest BCUT2D eigenvalue weighted by molar-refractivity contribution is 0.333. The van der Waals surface area contributed by atoms with Crippen LogP contribution in [-0.4, -0.2) is 30.3 Å². The van der Waals surface area contributed by atoms with Crippen LogP contribution in [0.25, 0.3) is 10.4 Å². The third-order valence-electron chi connectivity index (χ3n) is 2.44. The summed E-state index contributed by atoms with van der Waals surface area (Å²) in [5.41, 5.74) is 8.30. The van der Waals surface area contributed by atoms with Crippen molar-refractivity contribution in [3.63, 3.8) is 0 Å². The summed E-state index contributed by atoms with van der Waals surface area (Å²) in [6.07, 6.45) is -1.13. The van der Waals surface area contributed by atoms with Gasteiger partial charge in [-0.2, -0.15) is 0 Å². The van der Waals surface area contributed by atoms with E-state index in [0.29, 0.717) is 17.0 Å². The Balaban J connectivity index is 2.16. The lowest BCUT2D eigenvalue weighted by Gasteiger charge is -2.16. The van der Waals surface area contributed by atoms with Gasteiger partial charge in [0.2, 0.25) is 0 Å². The van der Waals surface area contributed by atoms with Crippen LogP contribution in [0.5, 0.6) is 0 Å². The number of halogens is 2. The fourth-order valence-corrected chi connectivity index (χ4v) is 2.02. The summed E-state index contributed by atoms with van der Waals surface area (Å²) in [7, 11) is 0. The van der Waals surface area contributed by atoms with Crippen molar-refractivity contribution in [1.29, 1.82) is 0 Å². The summed E-state index contributed by atoms with van der Waals surface area (Å²) >= 11 is 3.26. The van der Waals surface area contributed by atoms with Gasteiger partial charge in [0.05, 0.1) is 12.6 Å². The van der Waals surface area contributed by atoms with E-state index in [4.69, 9.17) is 5.53 Å². The van der Waals surface area contributed by atoms with Crippen molar-refractivity contribution >= 4 is 21.7 Å². The molecule has 0 radical (unpaired) electrons. The maximum atomic E-state index is 13.5. The van der Waals surface area contributed by atoms with E-state index < -0.39 is 12.2 Å². The van der Waals surface area contributed by atoms with E-state index in [1.54, 1.807) is 17.0 Å². The van der Waals surface area contributed by atoms with Crippen molar-refractivity contribution < 1.29 is 4.39 Å². The summed E-state index contributed by atoms with van der Waals surface area (Å²) in [6, 6.07) is 4.82. The summed E-state index contributed by atoms with van der Waals surface area (Å²) in [4.78, 5) is 8.64. The summed E-state index contributed by atoms with van der Waals surface area (Å²) in [5, 5.41) is 3.43. The average molecular weight is 286 g/mol. The van der Waals surface area contributed by atoms with E-state index in [1.807, 2.05) is 6.07 Å². The molecule has 0 spiro atoms. The maximum Gasteiger partial charge on any atom is 0.129 e. The molecule has 1 saturated heterocycles. The molecule has 7 heteroatoms. The standard InChI is InChI=1S/C9H9BrFN5/c10-8-2-1-3-9(13-8)16-4-6(11)7(5-16)14-15-12/h1-3,6-7H,4-5H2/t6-,7-/m1/s1. The zero-order chi connectivity index (χ0) is 11.5. The number of alkyl halides is 1. The van der Waals surface area contributed by atoms with Crippen molar-refractivity contribution in [3.8, 4) is 0 Å². The zero-order valence-corrected chi connectivity index (χ0v) is 9.88. The molecule has 5 nitrogen and oxygen atoms in total. The Bertz CT molecular complexity index is 434. The van der Waals surface area contributed by atoms with E-state index >= 15 is 0 Å². The molecular weight excluding hydrogens is 277 g/mol. The van der Waals surface area contributed by atoms with Gasteiger partial charge >= 0.3 is 0 Å². The summed E-state index contributed by atoms with van der Waals surface area (Å²) in [5.74, 6) is 0.688. The Morgan fingerprint density at radius 1 is 1.56 bits per heavy atom. The molecule has 0 unspecified atom stereocenters. The minimum Gasteiger partial charge on any atom is -0.353 e. The average Bonchev–Trinajstić information content (AvgIpc) is 2.61. The molecule has 1 fully saturated rings. The molecule has 1 aromatic rings. The number of hydrogen-bond donors (Lipinski definition) is 0. The highest BCUT2D eigenvalue weighted by molar-refractivity contribution is 9.10.